The predicted octanol–water partition coefficient (Wildman–Crippen LogP) is 2.96. The first-order valence-corrected chi connectivity index (χ1v) is 11.6. The maximum atomic E-state index is 13.0. The van der Waals surface area contributed by atoms with Gasteiger partial charge in [-0.2, -0.15) is 5.10 Å². The lowest BCUT2D eigenvalue weighted by Gasteiger charge is -2.35. The van der Waals surface area contributed by atoms with Crippen molar-refractivity contribution in [2.75, 3.05) is 36.4 Å². The van der Waals surface area contributed by atoms with Crippen LogP contribution in [0, 0.1) is 0 Å². The number of carbonyl (C=O) groups is 1. The van der Waals surface area contributed by atoms with Gasteiger partial charge in [-0.3, -0.25) is 14.4 Å². The summed E-state index contributed by atoms with van der Waals surface area (Å²) in [5, 5.41) is 8.03. The summed E-state index contributed by atoms with van der Waals surface area (Å²) in [4.78, 5) is 31.5. The number of pyridine rings is 3. The van der Waals surface area contributed by atoms with E-state index in [1.807, 2.05) is 31.4 Å². The largest absolute Gasteiger partial charge is 0.354 e. The fraction of sp³-hybridized carbons (Fsp3) is 0.320. The van der Waals surface area contributed by atoms with Gasteiger partial charge in [0.2, 0.25) is 0 Å². The number of hydrogen-bond donors (Lipinski definition) is 1. The van der Waals surface area contributed by atoms with Crippen LogP contribution in [0.3, 0.4) is 0 Å². The van der Waals surface area contributed by atoms with Gasteiger partial charge in [0, 0.05) is 80.4 Å². The van der Waals surface area contributed by atoms with E-state index in [9.17, 15) is 4.79 Å². The number of amides is 1. The average molecular weight is 455 g/mol. The summed E-state index contributed by atoms with van der Waals surface area (Å²) in [7, 11) is 1.88. The van der Waals surface area contributed by atoms with E-state index in [1.54, 1.807) is 35.4 Å². The van der Waals surface area contributed by atoms with Crippen molar-refractivity contribution in [1.82, 2.24) is 29.6 Å². The van der Waals surface area contributed by atoms with Crippen molar-refractivity contribution in [3.63, 3.8) is 0 Å². The van der Waals surface area contributed by atoms with E-state index in [1.165, 1.54) is 12.8 Å². The van der Waals surface area contributed by atoms with Crippen LogP contribution in [0.5, 0.6) is 0 Å². The molecule has 0 unspecified atom stereocenters. The molecule has 1 saturated heterocycles. The van der Waals surface area contributed by atoms with Crippen molar-refractivity contribution in [1.29, 1.82) is 0 Å². The Labute approximate surface area is 197 Å². The monoisotopic (exact) mass is 454 g/mol. The molecule has 1 N–H and O–H groups in total. The number of piperazine rings is 1. The number of nitrogens with zero attached hydrogens (tertiary/aromatic N) is 7. The number of rotatable bonds is 5. The van der Waals surface area contributed by atoms with Gasteiger partial charge in [-0.15, -0.1) is 0 Å². The molecule has 6 rings (SSSR count). The number of aryl methyl sites for hydroxylation is 1. The van der Waals surface area contributed by atoms with E-state index in [4.69, 9.17) is 4.98 Å². The van der Waals surface area contributed by atoms with Crippen LogP contribution in [0.4, 0.5) is 11.6 Å². The highest BCUT2D eigenvalue weighted by molar-refractivity contribution is 6.04. The maximum Gasteiger partial charge on any atom is 0.257 e. The number of anilines is 2. The van der Waals surface area contributed by atoms with Crippen LogP contribution in [-0.2, 0) is 7.05 Å². The second kappa shape index (κ2) is 8.49. The first-order chi connectivity index (χ1) is 16.6. The molecule has 1 amide bonds. The van der Waals surface area contributed by atoms with E-state index in [0.717, 1.165) is 60.2 Å². The molecule has 172 valence electrons. The standard InChI is InChI=1S/C25H26N8O/c1-31-16-19(15-28-31)21-5-2-18-14-27-23(13-22(18)29-21)30-25(34)17-6-7-26-24(12-17)33-10-8-32(9-11-33)20-3-4-20/h2,5-7,12-16,20H,3-4,8-11H2,1H3,(H,27,30,34). The Morgan fingerprint density at radius 1 is 1.03 bits per heavy atom. The minimum absolute atomic E-state index is 0.212. The molecule has 9 heteroatoms. The quantitative estimate of drug-likeness (QED) is 0.496. The summed E-state index contributed by atoms with van der Waals surface area (Å²) in [6.45, 7) is 3.98. The van der Waals surface area contributed by atoms with Crippen molar-refractivity contribution in [2.45, 2.75) is 18.9 Å². The second-order valence-electron chi connectivity index (χ2n) is 8.97. The lowest BCUT2D eigenvalue weighted by molar-refractivity contribution is 0.102. The number of carbonyl (C=O) groups excluding carboxylic acids is 1. The average Bonchev–Trinajstić information content (AvgIpc) is 3.64. The molecule has 1 aliphatic heterocycles. The zero-order valence-electron chi connectivity index (χ0n) is 19.1. The fourth-order valence-corrected chi connectivity index (χ4v) is 4.48. The van der Waals surface area contributed by atoms with Gasteiger partial charge in [-0.25, -0.2) is 15.0 Å². The van der Waals surface area contributed by atoms with Crippen LogP contribution in [0.25, 0.3) is 22.2 Å². The highest BCUT2D eigenvalue weighted by Crippen LogP contribution is 2.28. The van der Waals surface area contributed by atoms with Crippen LogP contribution >= 0.6 is 0 Å². The van der Waals surface area contributed by atoms with Crippen molar-refractivity contribution in [3.8, 4) is 11.3 Å². The minimum Gasteiger partial charge on any atom is -0.354 e. The maximum absolute atomic E-state index is 13.0. The molecule has 0 atom stereocenters. The van der Waals surface area contributed by atoms with Gasteiger partial charge in [-0.05, 0) is 37.1 Å². The van der Waals surface area contributed by atoms with Crippen LogP contribution in [0.15, 0.2) is 55.1 Å². The van der Waals surface area contributed by atoms with Gasteiger partial charge in [0.15, 0.2) is 0 Å². The van der Waals surface area contributed by atoms with Gasteiger partial charge >= 0.3 is 0 Å². The zero-order valence-corrected chi connectivity index (χ0v) is 19.1. The van der Waals surface area contributed by atoms with Crippen LogP contribution in [-0.4, -0.2) is 67.8 Å². The fourth-order valence-electron chi connectivity index (χ4n) is 4.48. The molecule has 5 heterocycles. The molecule has 0 aromatic carbocycles. The molecular formula is C25H26N8O. The Kier molecular flexibility index (Phi) is 5.18. The normalized spacial score (nSPS) is 16.7. The molecule has 4 aromatic rings. The lowest BCUT2D eigenvalue weighted by atomic mass is 10.2. The van der Waals surface area contributed by atoms with Gasteiger partial charge in [0.25, 0.3) is 5.91 Å². The summed E-state index contributed by atoms with van der Waals surface area (Å²) in [5.41, 5.74) is 3.09. The molecule has 0 bridgehead atoms. The highest BCUT2D eigenvalue weighted by atomic mass is 16.1. The molecule has 2 fully saturated rings. The Morgan fingerprint density at radius 3 is 2.65 bits per heavy atom. The summed E-state index contributed by atoms with van der Waals surface area (Å²) >= 11 is 0. The van der Waals surface area contributed by atoms with Crippen molar-refractivity contribution >= 4 is 28.4 Å². The van der Waals surface area contributed by atoms with Crippen molar-refractivity contribution in [3.05, 3.63) is 60.7 Å². The van der Waals surface area contributed by atoms with Crippen molar-refractivity contribution < 1.29 is 4.79 Å². The van der Waals surface area contributed by atoms with E-state index in [2.05, 4.69) is 30.2 Å². The summed E-state index contributed by atoms with van der Waals surface area (Å²) in [6, 6.07) is 10.1. The Balaban J connectivity index is 1.18. The van der Waals surface area contributed by atoms with Gasteiger partial charge in [-0.1, -0.05) is 0 Å². The highest BCUT2D eigenvalue weighted by Gasteiger charge is 2.31. The molecule has 1 saturated carbocycles. The summed E-state index contributed by atoms with van der Waals surface area (Å²) in [6.07, 6.45) is 9.79. The molecular weight excluding hydrogens is 428 g/mol. The predicted molar refractivity (Wildman–Crippen MR) is 131 cm³/mol. The zero-order chi connectivity index (χ0) is 23.1. The first-order valence-electron chi connectivity index (χ1n) is 11.6. The van der Waals surface area contributed by atoms with Gasteiger partial charge in [0.05, 0.1) is 17.4 Å². The molecule has 4 aromatic heterocycles. The van der Waals surface area contributed by atoms with Crippen LogP contribution < -0.4 is 10.2 Å². The van der Waals surface area contributed by atoms with Gasteiger partial charge in [0.1, 0.15) is 11.6 Å². The molecule has 0 radical (unpaired) electrons. The second-order valence-corrected chi connectivity index (χ2v) is 8.97. The molecule has 1 aliphatic carbocycles. The van der Waals surface area contributed by atoms with Crippen LogP contribution in [0.2, 0.25) is 0 Å². The number of nitrogens with one attached hydrogen (secondary N) is 1. The Morgan fingerprint density at radius 2 is 1.88 bits per heavy atom. The van der Waals surface area contributed by atoms with E-state index >= 15 is 0 Å². The topological polar surface area (TPSA) is 92.1 Å². The number of aromatic nitrogens is 5. The Bertz CT molecular complexity index is 1350. The van der Waals surface area contributed by atoms with Crippen molar-refractivity contribution in [2.24, 2.45) is 7.05 Å². The third-order valence-electron chi connectivity index (χ3n) is 6.53. The molecule has 34 heavy (non-hydrogen) atoms. The third kappa shape index (κ3) is 4.22. The lowest BCUT2D eigenvalue weighted by Crippen LogP contribution is -2.47. The summed E-state index contributed by atoms with van der Waals surface area (Å²) < 4.78 is 1.75. The van der Waals surface area contributed by atoms with E-state index < -0.39 is 0 Å². The Hall–Kier alpha value is -3.85. The van der Waals surface area contributed by atoms with E-state index in [-0.39, 0.29) is 5.91 Å². The van der Waals surface area contributed by atoms with Gasteiger partial charge < -0.3 is 10.2 Å². The molecule has 9 nitrogen and oxygen atoms in total. The van der Waals surface area contributed by atoms with E-state index in [0.29, 0.717) is 11.4 Å². The smallest absolute Gasteiger partial charge is 0.257 e. The van der Waals surface area contributed by atoms with Crippen LogP contribution in [0.1, 0.15) is 23.2 Å². The minimum atomic E-state index is -0.212. The molecule has 2 aliphatic rings. The first kappa shape index (κ1) is 20.7. The summed E-state index contributed by atoms with van der Waals surface area (Å²) in [5.74, 6) is 1.10. The molecule has 0 spiro atoms. The number of fused-ring (bicyclic) bond motifs is 1. The third-order valence-corrected chi connectivity index (χ3v) is 6.53. The SMILES string of the molecule is Cn1cc(-c2ccc3cnc(NC(=O)c4ccnc(N5CCN(C6CC6)CC5)c4)cc3n2)cn1. The number of hydrogen-bond acceptors (Lipinski definition) is 7.